The number of benzene rings is 1. The zero-order valence-electron chi connectivity index (χ0n) is 24.2. The van der Waals surface area contributed by atoms with E-state index in [4.69, 9.17) is 4.98 Å². The number of pyridine rings is 1. The summed E-state index contributed by atoms with van der Waals surface area (Å²) in [6.07, 6.45) is 14.8. The molecule has 1 fully saturated rings. The number of carbonyl (C=O) groups is 1. The quantitative estimate of drug-likeness (QED) is 0.263. The smallest absolute Gasteiger partial charge is 0.323 e. The molecular formula is C32H31N11O. The number of anilines is 2. The van der Waals surface area contributed by atoms with Crippen molar-refractivity contribution in [3.05, 3.63) is 97.1 Å². The summed E-state index contributed by atoms with van der Waals surface area (Å²) < 4.78 is 1.75. The van der Waals surface area contributed by atoms with Crippen molar-refractivity contribution in [1.29, 1.82) is 5.26 Å². The van der Waals surface area contributed by atoms with Gasteiger partial charge in [-0.15, -0.1) is 0 Å². The molecule has 1 saturated carbocycles. The van der Waals surface area contributed by atoms with Crippen LogP contribution in [0.15, 0.2) is 86.0 Å². The second-order valence-corrected chi connectivity index (χ2v) is 10.7. The molecule has 12 heteroatoms. The Kier molecular flexibility index (Phi) is 8.45. The van der Waals surface area contributed by atoms with Crippen LogP contribution in [0.25, 0.3) is 22.4 Å². The largest absolute Gasteiger partial charge is 0.351 e. The van der Waals surface area contributed by atoms with Crippen molar-refractivity contribution >= 4 is 17.8 Å². The molecule has 4 aromatic heterocycles. The van der Waals surface area contributed by atoms with Crippen LogP contribution in [0, 0.1) is 11.3 Å². The van der Waals surface area contributed by atoms with E-state index in [0.717, 1.165) is 42.4 Å². The lowest BCUT2D eigenvalue weighted by Gasteiger charge is -2.36. The third-order valence-electron chi connectivity index (χ3n) is 7.68. The Morgan fingerprint density at radius 2 is 1.75 bits per heavy atom. The number of hydrogen-bond acceptors (Lipinski definition) is 9. The second kappa shape index (κ2) is 13.1. The Morgan fingerprint density at radius 1 is 0.955 bits per heavy atom. The van der Waals surface area contributed by atoms with Crippen molar-refractivity contribution in [1.82, 2.24) is 40.0 Å². The molecule has 0 atom stereocenters. The Balaban J connectivity index is 1.17. The molecule has 0 aliphatic heterocycles. The van der Waals surface area contributed by atoms with Crippen LogP contribution < -0.4 is 15.5 Å². The maximum atomic E-state index is 13.7. The van der Waals surface area contributed by atoms with Crippen molar-refractivity contribution in [2.45, 2.75) is 44.3 Å². The maximum absolute atomic E-state index is 13.7. The third kappa shape index (κ3) is 6.52. The fourth-order valence-electron chi connectivity index (χ4n) is 5.42. The number of hydrogen-bond donors (Lipinski definition) is 2. The fraction of sp³-hybridized carbons (Fsp3) is 0.250. The van der Waals surface area contributed by atoms with Gasteiger partial charge >= 0.3 is 6.03 Å². The Labute approximate surface area is 254 Å². The molecule has 1 aliphatic carbocycles. The Bertz CT molecular complexity index is 1740. The van der Waals surface area contributed by atoms with Gasteiger partial charge in [0.2, 0.25) is 5.95 Å². The lowest BCUT2D eigenvalue weighted by atomic mass is 9.90. The highest BCUT2D eigenvalue weighted by atomic mass is 16.2. The molecule has 1 aromatic carbocycles. The van der Waals surface area contributed by atoms with Gasteiger partial charge in [-0.25, -0.2) is 29.7 Å². The highest BCUT2D eigenvalue weighted by Gasteiger charge is 2.31. The molecule has 2 N–H and O–H groups in total. The van der Waals surface area contributed by atoms with E-state index in [9.17, 15) is 10.1 Å². The molecular weight excluding hydrogens is 554 g/mol. The van der Waals surface area contributed by atoms with E-state index >= 15 is 0 Å². The van der Waals surface area contributed by atoms with Gasteiger partial charge in [-0.1, -0.05) is 30.3 Å². The number of aryl methyl sites for hydroxylation is 1. The van der Waals surface area contributed by atoms with Gasteiger partial charge in [-0.2, -0.15) is 10.4 Å². The molecule has 12 nitrogen and oxygen atoms in total. The van der Waals surface area contributed by atoms with E-state index in [-0.39, 0.29) is 18.1 Å². The molecule has 2 amide bonds. The number of urea groups is 1. The van der Waals surface area contributed by atoms with Crippen LogP contribution in [0.3, 0.4) is 0 Å². The Morgan fingerprint density at radius 3 is 2.43 bits per heavy atom. The van der Waals surface area contributed by atoms with Crippen molar-refractivity contribution in [3.63, 3.8) is 0 Å². The first kappa shape index (κ1) is 28.4. The van der Waals surface area contributed by atoms with Gasteiger partial charge in [0.15, 0.2) is 0 Å². The molecule has 0 radical (unpaired) electrons. The van der Waals surface area contributed by atoms with Crippen molar-refractivity contribution < 1.29 is 4.79 Å². The van der Waals surface area contributed by atoms with Gasteiger partial charge < -0.3 is 10.6 Å². The van der Waals surface area contributed by atoms with Crippen LogP contribution in [0.2, 0.25) is 0 Å². The summed E-state index contributed by atoms with van der Waals surface area (Å²) in [7, 11) is 1.87. The number of nitriles is 1. The molecule has 0 bridgehead atoms. The number of rotatable bonds is 8. The summed E-state index contributed by atoms with van der Waals surface area (Å²) in [6, 6.07) is 15.7. The summed E-state index contributed by atoms with van der Waals surface area (Å²) in [4.78, 5) is 37.3. The van der Waals surface area contributed by atoms with Gasteiger partial charge in [0, 0.05) is 67.2 Å². The van der Waals surface area contributed by atoms with Gasteiger partial charge in [0.1, 0.15) is 18.2 Å². The topological polar surface area (TPSA) is 150 Å². The van der Waals surface area contributed by atoms with E-state index in [0.29, 0.717) is 35.1 Å². The zero-order chi connectivity index (χ0) is 30.3. The van der Waals surface area contributed by atoms with E-state index in [1.54, 1.807) is 34.4 Å². The van der Waals surface area contributed by atoms with E-state index in [2.05, 4.69) is 41.7 Å². The third-order valence-corrected chi connectivity index (χ3v) is 7.68. The maximum Gasteiger partial charge on any atom is 0.323 e. The molecule has 4 heterocycles. The average molecular weight is 586 g/mol. The minimum Gasteiger partial charge on any atom is -0.351 e. The molecule has 0 spiro atoms. The van der Waals surface area contributed by atoms with E-state index in [1.807, 2.05) is 55.7 Å². The van der Waals surface area contributed by atoms with Crippen LogP contribution in [0.5, 0.6) is 0 Å². The van der Waals surface area contributed by atoms with Gasteiger partial charge in [-0.3, -0.25) is 9.58 Å². The van der Waals surface area contributed by atoms with Gasteiger partial charge in [0.05, 0.1) is 23.7 Å². The van der Waals surface area contributed by atoms with E-state index < -0.39 is 0 Å². The van der Waals surface area contributed by atoms with Crippen LogP contribution >= 0.6 is 0 Å². The predicted molar refractivity (Wildman–Crippen MR) is 165 cm³/mol. The molecule has 5 aromatic rings. The number of nitrogens with one attached hydrogen (secondary N) is 2. The minimum absolute atomic E-state index is 0.0422. The average Bonchev–Trinajstić information content (AvgIpc) is 3.52. The first-order valence-electron chi connectivity index (χ1n) is 14.4. The second-order valence-electron chi connectivity index (χ2n) is 10.7. The molecule has 6 rings (SSSR count). The highest BCUT2D eigenvalue weighted by molar-refractivity contribution is 5.91. The summed E-state index contributed by atoms with van der Waals surface area (Å²) >= 11 is 0. The number of nitrogens with zero attached hydrogens (tertiary/aromatic N) is 9. The van der Waals surface area contributed by atoms with Gasteiger partial charge in [0.25, 0.3) is 0 Å². The van der Waals surface area contributed by atoms with Crippen molar-refractivity contribution in [2.75, 3.05) is 10.2 Å². The summed E-state index contributed by atoms with van der Waals surface area (Å²) in [5.41, 5.74) is 4.42. The van der Waals surface area contributed by atoms with Crippen LogP contribution in [0.1, 0.15) is 36.8 Å². The minimum atomic E-state index is -0.183. The molecule has 0 unspecified atom stereocenters. The number of aromatic nitrogens is 7. The highest BCUT2D eigenvalue weighted by Crippen LogP contribution is 2.30. The Hall–Kier alpha value is -5.70. The number of amides is 2. The normalized spacial score (nSPS) is 16.1. The standard InChI is InChI=1S/C32H31N11O/c1-42-20-26(19-39-42)23-7-12-29(36-17-23)43(32(44)38-14-22-5-3-2-4-6-22)28-10-8-27(9-11-28)40-31-37-18-24(13-33)30(41-31)25-15-34-21-35-16-25/h2-7,12,15-21,27-28H,8-11,14H2,1H3,(H,38,44)(H,37,40,41)/t27-,28-. The van der Waals surface area contributed by atoms with Crippen molar-refractivity contribution in [3.8, 4) is 28.5 Å². The van der Waals surface area contributed by atoms with E-state index in [1.165, 1.54) is 12.5 Å². The van der Waals surface area contributed by atoms with Crippen LogP contribution in [0.4, 0.5) is 16.6 Å². The first-order chi connectivity index (χ1) is 21.6. The summed E-state index contributed by atoms with van der Waals surface area (Å²) in [5, 5.41) is 20.3. The van der Waals surface area contributed by atoms with Crippen LogP contribution in [-0.2, 0) is 13.6 Å². The van der Waals surface area contributed by atoms with Crippen molar-refractivity contribution in [2.24, 2.45) is 7.05 Å². The first-order valence-corrected chi connectivity index (χ1v) is 14.4. The summed E-state index contributed by atoms with van der Waals surface area (Å²) in [6.45, 7) is 0.422. The summed E-state index contributed by atoms with van der Waals surface area (Å²) in [5.74, 6) is 1.04. The molecule has 220 valence electrons. The predicted octanol–water partition coefficient (Wildman–Crippen LogP) is 4.74. The fourth-order valence-corrected chi connectivity index (χ4v) is 5.42. The zero-order valence-corrected chi connectivity index (χ0v) is 24.2. The molecule has 0 saturated heterocycles. The van der Waals surface area contributed by atoms with Crippen LogP contribution in [-0.4, -0.2) is 52.8 Å². The number of carbonyl (C=O) groups excluding carboxylic acids is 1. The SMILES string of the molecule is Cn1cc(-c2ccc(N(C(=O)NCc3ccccc3)[C@H]3CC[C@H](Nc4ncc(C#N)c(-c5cncnc5)n4)CC3)nc2)cn1. The lowest BCUT2D eigenvalue weighted by Crippen LogP contribution is -2.49. The molecule has 1 aliphatic rings. The lowest BCUT2D eigenvalue weighted by molar-refractivity contribution is 0.240. The van der Waals surface area contributed by atoms with Gasteiger partial charge in [-0.05, 0) is 43.4 Å². The monoisotopic (exact) mass is 585 g/mol. The molecule has 44 heavy (non-hydrogen) atoms.